The molecule has 9 heteroatoms. The third kappa shape index (κ3) is 4.61. The van der Waals surface area contributed by atoms with Gasteiger partial charge in [-0.2, -0.15) is 4.98 Å². The lowest BCUT2D eigenvalue weighted by Gasteiger charge is -2.26. The Bertz CT molecular complexity index is 1120. The average Bonchev–Trinajstić information content (AvgIpc) is 3.51. The molecular formula is C25H35N7O2. The zero-order valence-electron chi connectivity index (χ0n) is 20.1. The molecular weight excluding hydrogens is 430 g/mol. The normalized spacial score (nSPS) is 21.0. The Morgan fingerprint density at radius 3 is 2.56 bits per heavy atom. The molecule has 2 aliphatic rings. The minimum Gasteiger partial charge on any atom is -0.493 e. The van der Waals surface area contributed by atoms with E-state index in [-0.39, 0.29) is 0 Å². The molecule has 0 atom stereocenters. The number of fused-ring (bicyclic) bond motifs is 1. The van der Waals surface area contributed by atoms with Gasteiger partial charge in [-0.1, -0.05) is 25.0 Å². The number of para-hydroxylation sites is 1. The molecule has 0 amide bonds. The van der Waals surface area contributed by atoms with E-state index in [9.17, 15) is 0 Å². The van der Waals surface area contributed by atoms with Gasteiger partial charge < -0.3 is 25.8 Å². The standard InChI is InChI=1S/C25H35N7O2/c1-33-21-9-5-6-16(22(21)34-2)14-28-25-30-20-15-27-24(29-18-12-10-17(26)11-13-18)31-23(20)32(25)19-7-3-4-8-19/h5-6,9,15,17-19H,3-4,7-8,10-14,26H2,1-2H3,(H,28,30)(H,27,29,31). The van der Waals surface area contributed by atoms with Crippen LogP contribution in [-0.2, 0) is 6.54 Å². The molecule has 2 heterocycles. The number of rotatable bonds is 8. The number of aromatic nitrogens is 4. The second kappa shape index (κ2) is 10.0. The highest BCUT2D eigenvalue weighted by molar-refractivity contribution is 5.75. The molecule has 2 fully saturated rings. The largest absolute Gasteiger partial charge is 0.493 e. The highest BCUT2D eigenvalue weighted by Crippen LogP contribution is 2.36. The van der Waals surface area contributed by atoms with E-state index in [2.05, 4.69) is 20.2 Å². The Balaban J connectivity index is 1.43. The first kappa shape index (κ1) is 22.7. The first-order valence-corrected chi connectivity index (χ1v) is 12.4. The Morgan fingerprint density at radius 2 is 1.82 bits per heavy atom. The van der Waals surface area contributed by atoms with Gasteiger partial charge in [0.1, 0.15) is 5.52 Å². The van der Waals surface area contributed by atoms with Gasteiger partial charge in [0.25, 0.3) is 0 Å². The summed E-state index contributed by atoms with van der Waals surface area (Å²) < 4.78 is 13.3. The fourth-order valence-corrected chi connectivity index (χ4v) is 5.31. The number of hydrogen-bond donors (Lipinski definition) is 3. The minimum absolute atomic E-state index is 0.321. The first-order valence-electron chi connectivity index (χ1n) is 12.4. The molecule has 3 aromatic rings. The van der Waals surface area contributed by atoms with Crippen molar-refractivity contribution in [3.05, 3.63) is 30.0 Å². The summed E-state index contributed by atoms with van der Waals surface area (Å²) in [5.74, 6) is 2.95. The highest BCUT2D eigenvalue weighted by atomic mass is 16.5. The number of ether oxygens (including phenoxy) is 2. The van der Waals surface area contributed by atoms with Crippen molar-refractivity contribution in [1.82, 2.24) is 19.5 Å². The molecule has 2 aromatic heterocycles. The van der Waals surface area contributed by atoms with E-state index < -0.39 is 0 Å². The number of anilines is 2. The average molecular weight is 466 g/mol. The molecule has 2 aliphatic carbocycles. The molecule has 1 aromatic carbocycles. The van der Waals surface area contributed by atoms with Gasteiger partial charge in [-0.3, -0.25) is 4.57 Å². The van der Waals surface area contributed by atoms with Crippen LogP contribution >= 0.6 is 0 Å². The van der Waals surface area contributed by atoms with E-state index in [4.69, 9.17) is 25.2 Å². The molecule has 5 rings (SSSR count). The second-order valence-electron chi connectivity index (χ2n) is 9.41. The van der Waals surface area contributed by atoms with Gasteiger partial charge in [-0.05, 0) is 44.6 Å². The fraction of sp³-hybridized carbons (Fsp3) is 0.560. The van der Waals surface area contributed by atoms with Crippen LogP contribution in [-0.4, -0.2) is 45.8 Å². The predicted octanol–water partition coefficient (Wildman–Crippen LogP) is 4.25. The summed E-state index contributed by atoms with van der Waals surface area (Å²) >= 11 is 0. The van der Waals surface area contributed by atoms with Gasteiger partial charge in [0.05, 0.1) is 20.4 Å². The number of methoxy groups -OCH3 is 2. The van der Waals surface area contributed by atoms with E-state index in [1.807, 2.05) is 24.4 Å². The molecule has 0 spiro atoms. The summed E-state index contributed by atoms with van der Waals surface area (Å²) in [5.41, 5.74) is 8.77. The van der Waals surface area contributed by atoms with Gasteiger partial charge in [-0.25, -0.2) is 9.97 Å². The van der Waals surface area contributed by atoms with Crippen molar-refractivity contribution in [2.45, 2.75) is 76.0 Å². The Kier molecular flexibility index (Phi) is 6.71. The SMILES string of the molecule is COc1cccc(CNc2nc3cnc(NC4CCC(N)CC4)nc3n2C2CCCC2)c1OC. The van der Waals surface area contributed by atoms with Crippen LogP contribution in [0.1, 0.15) is 63.0 Å². The lowest BCUT2D eigenvalue weighted by atomic mass is 9.92. The summed E-state index contributed by atoms with van der Waals surface area (Å²) in [7, 11) is 3.32. The van der Waals surface area contributed by atoms with E-state index >= 15 is 0 Å². The van der Waals surface area contributed by atoms with Crippen molar-refractivity contribution in [3.63, 3.8) is 0 Å². The number of nitrogens with two attached hydrogens (primary N) is 1. The quantitative estimate of drug-likeness (QED) is 0.453. The molecule has 0 unspecified atom stereocenters. The minimum atomic E-state index is 0.321. The lowest BCUT2D eigenvalue weighted by molar-refractivity contribution is 0.352. The van der Waals surface area contributed by atoms with Crippen molar-refractivity contribution >= 4 is 23.1 Å². The van der Waals surface area contributed by atoms with Crippen LogP contribution in [0.15, 0.2) is 24.4 Å². The van der Waals surface area contributed by atoms with Crippen LogP contribution in [0.3, 0.4) is 0 Å². The molecule has 0 radical (unpaired) electrons. The Labute approximate surface area is 200 Å². The maximum atomic E-state index is 6.07. The monoisotopic (exact) mass is 465 g/mol. The predicted molar refractivity (Wildman–Crippen MR) is 134 cm³/mol. The third-order valence-corrected chi connectivity index (χ3v) is 7.15. The number of nitrogens with zero attached hydrogens (tertiary/aromatic N) is 4. The van der Waals surface area contributed by atoms with Crippen LogP contribution in [0.2, 0.25) is 0 Å². The van der Waals surface area contributed by atoms with Crippen LogP contribution in [0, 0.1) is 0 Å². The molecule has 0 bridgehead atoms. The maximum Gasteiger partial charge on any atom is 0.224 e. The molecule has 182 valence electrons. The third-order valence-electron chi connectivity index (χ3n) is 7.15. The van der Waals surface area contributed by atoms with Gasteiger partial charge in [0.15, 0.2) is 17.1 Å². The van der Waals surface area contributed by atoms with Gasteiger partial charge in [0.2, 0.25) is 11.9 Å². The van der Waals surface area contributed by atoms with Crippen LogP contribution in [0.25, 0.3) is 11.2 Å². The lowest BCUT2D eigenvalue weighted by Crippen LogP contribution is -2.33. The molecule has 2 saturated carbocycles. The summed E-state index contributed by atoms with van der Waals surface area (Å²) in [6, 6.07) is 6.99. The molecule has 0 aliphatic heterocycles. The molecule has 4 N–H and O–H groups in total. The van der Waals surface area contributed by atoms with Crippen LogP contribution in [0.4, 0.5) is 11.9 Å². The summed E-state index contributed by atoms with van der Waals surface area (Å²) in [4.78, 5) is 14.4. The van der Waals surface area contributed by atoms with Crippen molar-refractivity contribution in [2.75, 3.05) is 24.9 Å². The summed E-state index contributed by atoms with van der Waals surface area (Å²) in [5, 5.41) is 7.08. The number of hydrogen-bond acceptors (Lipinski definition) is 8. The van der Waals surface area contributed by atoms with E-state index in [1.165, 1.54) is 12.8 Å². The van der Waals surface area contributed by atoms with Crippen molar-refractivity contribution in [1.29, 1.82) is 0 Å². The van der Waals surface area contributed by atoms with Crippen LogP contribution in [0.5, 0.6) is 11.5 Å². The highest BCUT2D eigenvalue weighted by Gasteiger charge is 2.25. The van der Waals surface area contributed by atoms with Crippen LogP contribution < -0.4 is 25.8 Å². The first-order chi connectivity index (χ1) is 16.7. The van der Waals surface area contributed by atoms with Crippen molar-refractivity contribution < 1.29 is 9.47 Å². The number of imidazole rings is 1. The topological polar surface area (TPSA) is 112 Å². The van der Waals surface area contributed by atoms with Gasteiger partial charge in [0, 0.05) is 30.2 Å². The van der Waals surface area contributed by atoms with E-state index in [0.717, 1.165) is 72.7 Å². The van der Waals surface area contributed by atoms with Gasteiger partial charge >= 0.3 is 0 Å². The van der Waals surface area contributed by atoms with E-state index in [0.29, 0.717) is 30.6 Å². The van der Waals surface area contributed by atoms with Crippen molar-refractivity contribution in [3.8, 4) is 11.5 Å². The second-order valence-corrected chi connectivity index (χ2v) is 9.41. The maximum absolute atomic E-state index is 6.07. The Hall–Kier alpha value is -3.07. The number of nitrogens with one attached hydrogen (secondary N) is 2. The zero-order chi connectivity index (χ0) is 23.5. The van der Waals surface area contributed by atoms with Gasteiger partial charge in [-0.15, -0.1) is 0 Å². The fourth-order valence-electron chi connectivity index (χ4n) is 5.31. The smallest absolute Gasteiger partial charge is 0.224 e. The van der Waals surface area contributed by atoms with Crippen molar-refractivity contribution in [2.24, 2.45) is 5.73 Å². The molecule has 34 heavy (non-hydrogen) atoms. The van der Waals surface area contributed by atoms with E-state index in [1.54, 1.807) is 14.2 Å². The summed E-state index contributed by atoms with van der Waals surface area (Å²) in [6.07, 6.45) is 10.8. The zero-order valence-corrected chi connectivity index (χ0v) is 20.1. The number of benzene rings is 1. The summed E-state index contributed by atoms with van der Waals surface area (Å²) in [6.45, 7) is 0.567. The Morgan fingerprint density at radius 1 is 1.03 bits per heavy atom. The molecule has 9 nitrogen and oxygen atoms in total. The molecule has 0 saturated heterocycles.